The van der Waals surface area contributed by atoms with Gasteiger partial charge in [0, 0.05) is 20.2 Å². The lowest BCUT2D eigenvalue weighted by Gasteiger charge is -2.22. The lowest BCUT2D eigenvalue weighted by Crippen LogP contribution is -2.38. The molecule has 0 saturated heterocycles. The van der Waals surface area contributed by atoms with Crippen molar-refractivity contribution in [3.63, 3.8) is 0 Å². The summed E-state index contributed by atoms with van der Waals surface area (Å²) in [6, 6.07) is 6.49. The van der Waals surface area contributed by atoms with Crippen molar-refractivity contribution in [1.29, 1.82) is 0 Å². The minimum atomic E-state index is -0.482. The lowest BCUT2D eigenvalue weighted by atomic mass is 10.2. The summed E-state index contributed by atoms with van der Waals surface area (Å²) in [6.07, 6.45) is 0.843. The van der Waals surface area contributed by atoms with E-state index in [1.54, 1.807) is 36.3 Å². The number of para-hydroxylation sites is 1. The van der Waals surface area contributed by atoms with Crippen LogP contribution in [0.5, 0.6) is 0 Å². The smallest absolute Gasteiger partial charge is 0.339 e. The van der Waals surface area contributed by atoms with Crippen LogP contribution in [-0.4, -0.2) is 50.8 Å². The van der Waals surface area contributed by atoms with Gasteiger partial charge in [0.1, 0.15) is 0 Å². The molecule has 116 valence electrons. The topological polar surface area (TPSA) is 67.9 Å². The van der Waals surface area contributed by atoms with Crippen LogP contribution in [-0.2, 0) is 9.47 Å². The molecule has 1 rings (SSSR count). The van der Waals surface area contributed by atoms with Gasteiger partial charge in [-0.1, -0.05) is 19.1 Å². The Kier molecular flexibility index (Phi) is 7.25. The molecule has 0 radical (unpaired) electrons. The number of hydrogen-bond donors (Lipinski definition) is 1. The summed E-state index contributed by atoms with van der Waals surface area (Å²) in [6.45, 7) is 3.58. The predicted molar refractivity (Wildman–Crippen MR) is 80.5 cm³/mol. The Morgan fingerprint density at radius 2 is 1.90 bits per heavy atom. The van der Waals surface area contributed by atoms with Crippen molar-refractivity contribution in [2.24, 2.45) is 0 Å². The van der Waals surface area contributed by atoms with Gasteiger partial charge in [0.25, 0.3) is 0 Å². The van der Waals surface area contributed by atoms with Crippen LogP contribution in [0.25, 0.3) is 0 Å². The molecule has 0 saturated carbocycles. The van der Waals surface area contributed by atoms with E-state index in [0.29, 0.717) is 30.9 Å². The van der Waals surface area contributed by atoms with Gasteiger partial charge >= 0.3 is 12.0 Å². The number of ether oxygens (including phenoxy) is 2. The van der Waals surface area contributed by atoms with E-state index in [-0.39, 0.29) is 6.03 Å². The Morgan fingerprint density at radius 3 is 2.52 bits per heavy atom. The maximum Gasteiger partial charge on any atom is 0.339 e. The standard InChI is InChI=1S/C15H22N2O4/c1-4-9-17(10-11-20-2)15(19)16-13-8-6-5-7-12(13)14(18)21-3/h5-8H,4,9-11H2,1-3H3,(H,16,19). The second-order valence-corrected chi connectivity index (χ2v) is 4.45. The molecule has 0 aromatic heterocycles. The predicted octanol–water partition coefficient (Wildman–Crippen LogP) is 2.36. The molecule has 0 atom stereocenters. The first-order valence-corrected chi connectivity index (χ1v) is 6.86. The average Bonchev–Trinajstić information content (AvgIpc) is 2.51. The quantitative estimate of drug-likeness (QED) is 0.784. The summed E-state index contributed by atoms with van der Waals surface area (Å²) < 4.78 is 9.71. The van der Waals surface area contributed by atoms with Gasteiger partial charge in [-0.3, -0.25) is 0 Å². The van der Waals surface area contributed by atoms with Gasteiger partial charge in [0.2, 0.25) is 0 Å². The Bertz CT molecular complexity index is 476. The number of carbonyl (C=O) groups is 2. The molecule has 6 heteroatoms. The van der Waals surface area contributed by atoms with Crippen LogP contribution in [0.2, 0.25) is 0 Å². The van der Waals surface area contributed by atoms with E-state index >= 15 is 0 Å². The van der Waals surface area contributed by atoms with E-state index in [2.05, 4.69) is 5.32 Å². The first-order valence-electron chi connectivity index (χ1n) is 6.86. The zero-order chi connectivity index (χ0) is 15.7. The molecule has 0 spiro atoms. The second kappa shape index (κ2) is 8.97. The van der Waals surface area contributed by atoms with E-state index in [1.807, 2.05) is 6.92 Å². The zero-order valence-electron chi connectivity index (χ0n) is 12.7. The number of urea groups is 1. The molecule has 6 nitrogen and oxygen atoms in total. The molecule has 1 aromatic rings. The van der Waals surface area contributed by atoms with Gasteiger partial charge in [-0.05, 0) is 18.6 Å². The Morgan fingerprint density at radius 1 is 1.19 bits per heavy atom. The maximum atomic E-state index is 12.3. The van der Waals surface area contributed by atoms with Crippen LogP contribution in [0, 0.1) is 0 Å². The largest absolute Gasteiger partial charge is 0.465 e. The normalized spacial score (nSPS) is 10.0. The van der Waals surface area contributed by atoms with Crippen molar-refractivity contribution in [2.75, 3.05) is 39.2 Å². The number of methoxy groups -OCH3 is 2. The maximum absolute atomic E-state index is 12.3. The Balaban J connectivity index is 2.83. The van der Waals surface area contributed by atoms with Crippen LogP contribution in [0.15, 0.2) is 24.3 Å². The number of rotatable bonds is 7. The molecule has 0 heterocycles. The summed E-state index contributed by atoms with van der Waals surface area (Å²) >= 11 is 0. The van der Waals surface area contributed by atoms with Gasteiger partial charge < -0.3 is 19.7 Å². The van der Waals surface area contributed by atoms with E-state index in [4.69, 9.17) is 9.47 Å². The third-order valence-corrected chi connectivity index (χ3v) is 2.92. The van der Waals surface area contributed by atoms with Crippen molar-refractivity contribution in [1.82, 2.24) is 4.90 Å². The number of nitrogens with zero attached hydrogens (tertiary/aromatic N) is 1. The Labute approximate surface area is 125 Å². The first-order chi connectivity index (χ1) is 10.1. The monoisotopic (exact) mass is 294 g/mol. The SMILES string of the molecule is CCCN(CCOC)C(=O)Nc1ccccc1C(=O)OC. The molecule has 0 unspecified atom stereocenters. The molecule has 0 aliphatic carbocycles. The van der Waals surface area contributed by atoms with Crippen LogP contribution >= 0.6 is 0 Å². The van der Waals surface area contributed by atoms with Gasteiger partial charge in [-0.25, -0.2) is 9.59 Å². The summed E-state index contributed by atoms with van der Waals surface area (Å²) in [5.74, 6) is -0.482. The van der Waals surface area contributed by atoms with Gasteiger partial charge in [0.15, 0.2) is 0 Å². The number of amides is 2. The zero-order valence-corrected chi connectivity index (χ0v) is 12.7. The summed E-state index contributed by atoms with van der Waals surface area (Å²) in [7, 11) is 2.90. The summed E-state index contributed by atoms with van der Waals surface area (Å²) in [5, 5.41) is 2.75. The minimum absolute atomic E-state index is 0.259. The number of carbonyl (C=O) groups excluding carboxylic acids is 2. The average molecular weight is 294 g/mol. The summed E-state index contributed by atoms with van der Waals surface area (Å²) in [5.41, 5.74) is 0.768. The fourth-order valence-electron chi connectivity index (χ4n) is 1.86. The molecular formula is C15H22N2O4. The molecule has 21 heavy (non-hydrogen) atoms. The van der Waals surface area contributed by atoms with Crippen molar-refractivity contribution in [2.45, 2.75) is 13.3 Å². The third kappa shape index (κ3) is 5.07. The number of hydrogen-bond acceptors (Lipinski definition) is 4. The lowest BCUT2D eigenvalue weighted by molar-refractivity contribution is 0.0602. The Hall–Kier alpha value is -2.08. The molecule has 0 bridgehead atoms. The summed E-state index contributed by atoms with van der Waals surface area (Å²) in [4.78, 5) is 25.6. The van der Waals surface area contributed by atoms with E-state index in [1.165, 1.54) is 7.11 Å². The van der Waals surface area contributed by atoms with Gasteiger partial charge in [0.05, 0.1) is 25.0 Å². The van der Waals surface area contributed by atoms with E-state index < -0.39 is 5.97 Å². The van der Waals surface area contributed by atoms with Crippen LogP contribution in [0.4, 0.5) is 10.5 Å². The highest BCUT2D eigenvalue weighted by atomic mass is 16.5. The van der Waals surface area contributed by atoms with Crippen molar-refractivity contribution in [3.8, 4) is 0 Å². The molecule has 0 aliphatic rings. The van der Waals surface area contributed by atoms with Gasteiger partial charge in [-0.2, -0.15) is 0 Å². The third-order valence-electron chi connectivity index (χ3n) is 2.92. The molecule has 0 fully saturated rings. The first kappa shape index (κ1) is 17.0. The van der Waals surface area contributed by atoms with Crippen molar-refractivity contribution < 1.29 is 19.1 Å². The highest BCUT2D eigenvalue weighted by molar-refractivity contribution is 6.00. The fraction of sp³-hybridized carbons (Fsp3) is 0.467. The highest BCUT2D eigenvalue weighted by Gasteiger charge is 2.16. The van der Waals surface area contributed by atoms with E-state index in [0.717, 1.165) is 6.42 Å². The number of anilines is 1. The molecule has 1 N–H and O–H groups in total. The number of esters is 1. The van der Waals surface area contributed by atoms with Gasteiger partial charge in [-0.15, -0.1) is 0 Å². The molecule has 0 aliphatic heterocycles. The molecule has 1 aromatic carbocycles. The van der Waals surface area contributed by atoms with Crippen LogP contribution in [0.3, 0.4) is 0 Å². The van der Waals surface area contributed by atoms with Crippen LogP contribution in [0.1, 0.15) is 23.7 Å². The minimum Gasteiger partial charge on any atom is -0.465 e. The van der Waals surface area contributed by atoms with Crippen molar-refractivity contribution >= 4 is 17.7 Å². The second-order valence-electron chi connectivity index (χ2n) is 4.45. The van der Waals surface area contributed by atoms with Crippen molar-refractivity contribution in [3.05, 3.63) is 29.8 Å². The molecule has 2 amide bonds. The fourth-order valence-corrected chi connectivity index (χ4v) is 1.86. The number of benzene rings is 1. The van der Waals surface area contributed by atoms with E-state index in [9.17, 15) is 9.59 Å². The highest BCUT2D eigenvalue weighted by Crippen LogP contribution is 2.16. The van der Waals surface area contributed by atoms with Crippen LogP contribution < -0.4 is 5.32 Å². The molecular weight excluding hydrogens is 272 g/mol. The number of nitrogens with one attached hydrogen (secondary N) is 1.